The smallest absolute Gasteiger partial charge is 0.243 e. The van der Waals surface area contributed by atoms with Gasteiger partial charge in [0.25, 0.3) is 0 Å². The molecule has 0 radical (unpaired) electrons. The minimum absolute atomic E-state index is 0.245. The summed E-state index contributed by atoms with van der Waals surface area (Å²) in [6.07, 6.45) is 2.72. The number of piperidine rings is 1. The van der Waals surface area contributed by atoms with E-state index in [1.807, 2.05) is 19.2 Å². The van der Waals surface area contributed by atoms with Gasteiger partial charge in [-0.25, -0.2) is 8.42 Å². The molecule has 0 aliphatic carbocycles. The van der Waals surface area contributed by atoms with Crippen LogP contribution in [0.1, 0.15) is 18.4 Å². The molecule has 118 valence electrons. The number of rotatable bonds is 6. The van der Waals surface area contributed by atoms with E-state index in [2.05, 4.69) is 5.32 Å². The Hall–Kier alpha value is -0.950. The van der Waals surface area contributed by atoms with Gasteiger partial charge in [-0.2, -0.15) is 4.31 Å². The van der Waals surface area contributed by atoms with Crippen molar-refractivity contribution >= 4 is 10.0 Å². The van der Waals surface area contributed by atoms with Gasteiger partial charge in [-0.3, -0.25) is 0 Å². The molecule has 0 aromatic heterocycles. The summed E-state index contributed by atoms with van der Waals surface area (Å²) < 4.78 is 31.9. The van der Waals surface area contributed by atoms with E-state index in [0.29, 0.717) is 24.6 Å². The third-order valence-corrected chi connectivity index (χ3v) is 5.83. The summed E-state index contributed by atoms with van der Waals surface area (Å²) in [6.45, 7) is 1.79. The second-order valence-electron chi connectivity index (χ2n) is 5.38. The average molecular weight is 312 g/mol. The van der Waals surface area contributed by atoms with E-state index >= 15 is 0 Å². The molecule has 0 bridgehead atoms. The number of nitrogens with one attached hydrogen (secondary N) is 1. The molecule has 21 heavy (non-hydrogen) atoms. The highest BCUT2D eigenvalue weighted by atomic mass is 32.2. The first-order valence-corrected chi connectivity index (χ1v) is 8.77. The van der Waals surface area contributed by atoms with Gasteiger partial charge >= 0.3 is 0 Å². The van der Waals surface area contributed by atoms with Gasteiger partial charge in [0.1, 0.15) is 0 Å². The fraction of sp³-hybridized carbons (Fsp3) is 0.600. The van der Waals surface area contributed by atoms with E-state index < -0.39 is 10.0 Å². The fourth-order valence-electron chi connectivity index (χ4n) is 2.59. The van der Waals surface area contributed by atoms with Crippen LogP contribution >= 0.6 is 0 Å². The summed E-state index contributed by atoms with van der Waals surface area (Å²) in [5.74, 6) is 0. The second kappa shape index (κ2) is 7.35. The molecule has 1 N–H and O–H groups in total. The molecule has 1 aliphatic rings. The Morgan fingerprint density at radius 3 is 2.67 bits per heavy atom. The lowest BCUT2D eigenvalue weighted by Crippen LogP contribution is -2.46. The molecular formula is C15H24N2O3S. The first-order valence-electron chi connectivity index (χ1n) is 7.33. The molecular weight excluding hydrogens is 288 g/mol. The molecule has 6 heteroatoms. The van der Waals surface area contributed by atoms with E-state index in [4.69, 9.17) is 4.74 Å². The van der Waals surface area contributed by atoms with Crippen LogP contribution in [0.2, 0.25) is 0 Å². The molecule has 1 aromatic carbocycles. The van der Waals surface area contributed by atoms with E-state index in [0.717, 1.165) is 24.8 Å². The van der Waals surface area contributed by atoms with Crippen LogP contribution in [0.15, 0.2) is 29.2 Å². The summed E-state index contributed by atoms with van der Waals surface area (Å²) in [7, 11) is 0.160. The van der Waals surface area contributed by atoms with E-state index in [9.17, 15) is 8.42 Å². The molecule has 1 unspecified atom stereocenters. The Morgan fingerprint density at radius 1 is 1.33 bits per heavy atom. The number of hydrogen-bond donors (Lipinski definition) is 1. The van der Waals surface area contributed by atoms with Crippen molar-refractivity contribution in [2.75, 3.05) is 33.9 Å². The third-order valence-electron chi connectivity index (χ3n) is 3.95. The number of methoxy groups -OCH3 is 1. The lowest BCUT2D eigenvalue weighted by atomic mass is 10.1. The SMILES string of the molecule is CNC1CCCN(S(=O)(=O)c2ccc(CCOC)cc2)C1. The summed E-state index contributed by atoms with van der Waals surface area (Å²) >= 11 is 0. The lowest BCUT2D eigenvalue weighted by molar-refractivity contribution is 0.202. The fourth-order valence-corrected chi connectivity index (χ4v) is 4.12. The zero-order valence-corrected chi connectivity index (χ0v) is 13.5. The van der Waals surface area contributed by atoms with Crippen molar-refractivity contribution in [1.82, 2.24) is 9.62 Å². The van der Waals surface area contributed by atoms with Crippen LogP contribution in [-0.2, 0) is 21.2 Å². The minimum atomic E-state index is -3.38. The number of benzene rings is 1. The maximum absolute atomic E-state index is 12.6. The van der Waals surface area contributed by atoms with Crippen molar-refractivity contribution in [2.24, 2.45) is 0 Å². The van der Waals surface area contributed by atoms with E-state index in [-0.39, 0.29) is 6.04 Å². The van der Waals surface area contributed by atoms with Crippen molar-refractivity contribution in [3.8, 4) is 0 Å². The van der Waals surface area contributed by atoms with Crippen LogP contribution in [0.3, 0.4) is 0 Å². The Morgan fingerprint density at radius 2 is 2.05 bits per heavy atom. The number of sulfonamides is 1. The van der Waals surface area contributed by atoms with Gasteiger partial charge in [-0.15, -0.1) is 0 Å². The molecule has 1 atom stereocenters. The number of nitrogens with zero attached hydrogens (tertiary/aromatic N) is 1. The summed E-state index contributed by atoms with van der Waals surface area (Å²) in [4.78, 5) is 0.375. The highest BCUT2D eigenvalue weighted by Gasteiger charge is 2.29. The predicted octanol–water partition coefficient (Wildman–Crippen LogP) is 1.25. The predicted molar refractivity (Wildman–Crippen MR) is 82.9 cm³/mol. The maximum atomic E-state index is 12.6. The highest BCUT2D eigenvalue weighted by Crippen LogP contribution is 2.21. The molecule has 2 rings (SSSR count). The van der Waals surface area contributed by atoms with Gasteiger partial charge in [0.2, 0.25) is 10.0 Å². The maximum Gasteiger partial charge on any atom is 0.243 e. The summed E-state index contributed by atoms with van der Waals surface area (Å²) in [5.41, 5.74) is 1.09. The van der Waals surface area contributed by atoms with E-state index in [1.165, 1.54) is 0 Å². The monoisotopic (exact) mass is 312 g/mol. The quantitative estimate of drug-likeness (QED) is 0.859. The van der Waals surface area contributed by atoms with Crippen molar-refractivity contribution in [2.45, 2.75) is 30.2 Å². The van der Waals surface area contributed by atoms with Gasteiger partial charge in [0.15, 0.2) is 0 Å². The normalized spacial score (nSPS) is 20.6. The van der Waals surface area contributed by atoms with Crippen molar-refractivity contribution < 1.29 is 13.2 Å². The third kappa shape index (κ3) is 4.03. The van der Waals surface area contributed by atoms with Gasteiger partial charge in [0, 0.05) is 26.2 Å². The molecule has 1 fully saturated rings. The topological polar surface area (TPSA) is 58.6 Å². The lowest BCUT2D eigenvalue weighted by Gasteiger charge is -2.31. The van der Waals surface area contributed by atoms with Gasteiger partial charge in [-0.1, -0.05) is 12.1 Å². The standard InChI is InChI=1S/C15H24N2O3S/c1-16-14-4-3-10-17(12-14)21(18,19)15-7-5-13(6-8-15)9-11-20-2/h5-8,14,16H,3-4,9-12H2,1-2H3. The first kappa shape index (κ1) is 16.4. The van der Waals surface area contributed by atoms with Crippen LogP contribution in [0, 0.1) is 0 Å². The van der Waals surface area contributed by atoms with Crippen molar-refractivity contribution in [1.29, 1.82) is 0 Å². The second-order valence-corrected chi connectivity index (χ2v) is 7.32. The largest absolute Gasteiger partial charge is 0.384 e. The first-order chi connectivity index (χ1) is 10.1. The Labute approximate surface area is 127 Å². The molecule has 1 aromatic rings. The molecule has 1 aliphatic heterocycles. The van der Waals surface area contributed by atoms with Crippen LogP contribution < -0.4 is 5.32 Å². The average Bonchev–Trinajstić information content (AvgIpc) is 2.53. The van der Waals surface area contributed by atoms with Crippen LogP contribution in [0.5, 0.6) is 0 Å². The minimum Gasteiger partial charge on any atom is -0.384 e. The molecule has 5 nitrogen and oxygen atoms in total. The van der Waals surface area contributed by atoms with Gasteiger partial charge < -0.3 is 10.1 Å². The summed E-state index contributed by atoms with van der Waals surface area (Å²) in [5, 5.41) is 3.17. The van der Waals surface area contributed by atoms with Crippen LogP contribution in [0.25, 0.3) is 0 Å². The van der Waals surface area contributed by atoms with E-state index in [1.54, 1.807) is 23.5 Å². The Kier molecular flexibility index (Phi) is 5.75. The molecule has 0 saturated carbocycles. The molecule has 1 heterocycles. The van der Waals surface area contributed by atoms with Gasteiger partial charge in [-0.05, 0) is 44.0 Å². The van der Waals surface area contributed by atoms with Crippen LogP contribution in [-0.4, -0.2) is 52.6 Å². The van der Waals surface area contributed by atoms with Crippen molar-refractivity contribution in [3.63, 3.8) is 0 Å². The zero-order chi connectivity index (χ0) is 15.3. The number of hydrogen-bond acceptors (Lipinski definition) is 4. The molecule has 0 amide bonds. The number of likely N-dealkylation sites (N-methyl/N-ethyl adjacent to an activating group) is 1. The van der Waals surface area contributed by atoms with Gasteiger partial charge in [0.05, 0.1) is 11.5 Å². The molecule has 0 spiro atoms. The molecule has 1 saturated heterocycles. The zero-order valence-electron chi connectivity index (χ0n) is 12.7. The highest BCUT2D eigenvalue weighted by molar-refractivity contribution is 7.89. The summed E-state index contributed by atoms with van der Waals surface area (Å²) in [6, 6.07) is 7.37. The Balaban J connectivity index is 2.11. The Bertz CT molecular complexity index is 543. The van der Waals surface area contributed by atoms with Crippen LogP contribution in [0.4, 0.5) is 0 Å². The van der Waals surface area contributed by atoms with Crippen molar-refractivity contribution in [3.05, 3.63) is 29.8 Å². The number of ether oxygens (including phenoxy) is 1.